The van der Waals surface area contributed by atoms with E-state index in [1.807, 2.05) is 0 Å². The van der Waals surface area contributed by atoms with Gasteiger partial charge >= 0.3 is 6.18 Å². The predicted molar refractivity (Wildman–Crippen MR) is 75.3 cm³/mol. The summed E-state index contributed by atoms with van der Waals surface area (Å²) in [5.74, 6) is 0.236. The van der Waals surface area contributed by atoms with Crippen LogP contribution in [0.1, 0.15) is 31.2 Å². The molecule has 1 aromatic heterocycles. The molecule has 0 aromatic carbocycles. The lowest BCUT2D eigenvalue weighted by molar-refractivity contribution is -0.137. The first-order chi connectivity index (χ1) is 10.4. The highest BCUT2D eigenvalue weighted by atomic mass is 19.4. The minimum absolute atomic E-state index is 0.0121. The third kappa shape index (κ3) is 3.34. The Morgan fingerprint density at radius 1 is 1.23 bits per heavy atom. The van der Waals surface area contributed by atoms with Crippen molar-refractivity contribution in [3.63, 3.8) is 0 Å². The number of nitrogens with one attached hydrogen (secondary N) is 1. The highest BCUT2D eigenvalue weighted by Crippen LogP contribution is 2.36. The van der Waals surface area contributed by atoms with Crippen LogP contribution in [0.5, 0.6) is 0 Å². The van der Waals surface area contributed by atoms with Gasteiger partial charge in [-0.2, -0.15) is 13.2 Å². The number of hydrogen-bond acceptors (Lipinski definition) is 3. The maximum absolute atomic E-state index is 13.0. The van der Waals surface area contributed by atoms with Crippen molar-refractivity contribution in [2.75, 3.05) is 18.0 Å². The van der Waals surface area contributed by atoms with Crippen molar-refractivity contribution in [2.24, 2.45) is 5.92 Å². The Morgan fingerprint density at radius 2 is 1.91 bits per heavy atom. The summed E-state index contributed by atoms with van der Waals surface area (Å²) >= 11 is 0. The summed E-state index contributed by atoms with van der Waals surface area (Å²) in [6, 6.07) is 2.42. The lowest BCUT2D eigenvalue weighted by atomic mass is 10.0. The first kappa shape index (κ1) is 15.1. The minimum Gasteiger partial charge on any atom is -0.356 e. The van der Waals surface area contributed by atoms with Crippen molar-refractivity contribution in [1.82, 2.24) is 10.3 Å². The quantitative estimate of drug-likeness (QED) is 0.933. The molecule has 1 aromatic rings. The van der Waals surface area contributed by atoms with Crippen LogP contribution >= 0.6 is 0 Å². The van der Waals surface area contributed by atoms with Crippen molar-refractivity contribution < 1.29 is 18.0 Å². The maximum Gasteiger partial charge on any atom is 0.419 e. The zero-order valence-corrected chi connectivity index (χ0v) is 12.1. The lowest BCUT2D eigenvalue weighted by Gasteiger charge is -2.34. The zero-order valence-electron chi connectivity index (χ0n) is 12.1. The fourth-order valence-corrected chi connectivity index (χ4v) is 2.77. The molecular weight excluding hydrogens is 295 g/mol. The molecule has 1 aliphatic heterocycles. The van der Waals surface area contributed by atoms with Gasteiger partial charge in [0, 0.05) is 31.2 Å². The van der Waals surface area contributed by atoms with E-state index in [1.165, 1.54) is 12.3 Å². The second-order valence-corrected chi connectivity index (χ2v) is 5.92. The van der Waals surface area contributed by atoms with Crippen molar-refractivity contribution in [2.45, 2.75) is 37.9 Å². The predicted octanol–water partition coefficient (Wildman–Crippen LogP) is 2.60. The molecule has 2 heterocycles. The molecular formula is C15H18F3N3O. The third-order valence-electron chi connectivity index (χ3n) is 4.18. The van der Waals surface area contributed by atoms with E-state index in [0.29, 0.717) is 25.9 Å². The summed E-state index contributed by atoms with van der Waals surface area (Å²) in [7, 11) is 0. The first-order valence-corrected chi connectivity index (χ1v) is 7.52. The molecule has 4 nitrogen and oxygen atoms in total. The number of aromatic nitrogens is 1. The molecule has 22 heavy (non-hydrogen) atoms. The summed E-state index contributed by atoms with van der Waals surface area (Å²) < 4.78 is 39.1. The number of anilines is 1. The van der Waals surface area contributed by atoms with Gasteiger partial charge in [-0.25, -0.2) is 4.98 Å². The Bertz CT molecular complexity index is 549. The Labute approximate surface area is 126 Å². The van der Waals surface area contributed by atoms with Crippen molar-refractivity contribution in [3.05, 3.63) is 23.9 Å². The van der Waals surface area contributed by atoms with Crippen LogP contribution in [0.2, 0.25) is 0 Å². The first-order valence-electron chi connectivity index (χ1n) is 7.52. The van der Waals surface area contributed by atoms with Crippen molar-refractivity contribution >= 4 is 11.7 Å². The van der Waals surface area contributed by atoms with Crippen molar-refractivity contribution in [1.29, 1.82) is 0 Å². The summed E-state index contributed by atoms with van der Waals surface area (Å²) in [4.78, 5) is 17.3. The molecule has 3 rings (SSSR count). The van der Waals surface area contributed by atoms with Crippen molar-refractivity contribution in [3.8, 4) is 0 Å². The van der Waals surface area contributed by atoms with Crippen LogP contribution in [0.3, 0.4) is 0 Å². The van der Waals surface area contributed by atoms with Gasteiger partial charge in [0.2, 0.25) is 5.91 Å². The molecule has 1 saturated carbocycles. The Hall–Kier alpha value is -1.79. The largest absolute Gasteiger partial charge is 0.419 e. The van der Waals surface area contributed by atoms with E-state index in [4.69, 9.17) is 0 Å². The number of amides is 1. The minimum atomic E-state index is -4.40. The molecule has 2 fully saturated rings. The number of carbonyl (C=O) groups is 1. The number of piperidine rings is 1. The van der Waals surface area contributed by atoms with Gasteiger partial charge in [0.05, 0.1) is 5.56 Å². The Balaban J connectivity index is 1.63. The Kier molecular flexibility index (Phi) is 3.97. The van der Waals surface area contributed by atoms with Gasteiger partial charge in [-0.1, -0.05) is 0 Å². The lowest BCUT2D eigenvalue weighted by Crippen LogP contribution is -2.45. The summed E-state index contributed by atoms with van der Waals surface area (Å²) in [5, 5.41) is 2.99. The highest BCUT2D eigenvalue weighted by Gasteiger charge is 2.37. The highest BCUT2D eigenvalue weighted by molar-refractivity contribution is 5.81. The third-order valence-corrected chi connectivity index (χ3v) is 4.18. The topological polar surface area (TPSA) is 45.2 Å². The second kappa shape index (κ2) is 5.78. The number of pyridine rings is 1. The number of halogens is 3. The molecule has 2 aliphatic rings. The van der Waals surface area contributed by atoms with E-state index in [-0.39, 0.29) is 23.7 Å². The molecule has 0 spiro atoms. The SMILES string of the molecule is O=C(NC1CCN(c2ncccc2C(F)(F)F)CC1)C1CC1. The number of hydrogen-bond donors (Lipinski definition) is 1. The summed E-state index contributed by atoms with van der Waals surface area (Å²) in [6.07, 6.45) is 0.173. The van der Waals surface area contributed by atoms with Crippen LogP contribution in [-0.2, 0) is 11.0 Å². The molecule has 0 unspecified atom stereocenters. The number of nitrogens with zero attached hydrogens (tertiary/aromatic N) is 2. The molecule has 120 valence electrons. The molecule has 1 aliphatic carbocycles. The van der Waals surface area contributed by atoms with Gasteiger partial charge in [-0.15, -0.1) is 0 Å². The smallest absolute Gasteiger partial charge is 0.356 e. The van der Waals surface area contributed by atoms with E-state index in [2.05, 4.69) is 10.3 Å². The van der Waals surface area contributed by atoms with Crippen LogP contribution < -0.4 is 10.2 Å². The van der Waals surface area contributed by atoms with Crippen LogP contribution in [0.15, 0.2) is 18.3 Å². The second-order valence-electron chi connectivity index (χ2n) is 5.92. The van der Waals surface area contributed by atoms with Gasteiger partial charge in [-0.05, 0) is 37.8 Å². The monoisotopic (exact) mass is 313 g/mol. The standard InChI is InChI=1S/C15H18F3N3O/c16-15(17,18)12-2-1-7-19-13(12)21-8-5-11(6-9-21)20-14(22)10-3-4-10/h1-2,7,10-11H,3-6,8-9H2,(H,20,22). The van der Waals surface area contributed by atoms with E-state index >= 15 is 0 Å². The fourth-order valence-electron chi connectivity index (χ4n) is 2.77. The molecule has 0 atom stereocenters. The summed E-state index contributed by atoms with van der Waals surface area (Å²) in [5.41, 5.74) is -0.699. The maximum atomic E-state index is 13.0. The molecule has 1 amide bonds. The number of alkyl halides is 3. The fraction of sp³-hybridized carbons (Fsp3) is 0.600. The normalized spacial score (nSPS) is 20.0. The Morgan fingerprint density at radius 3 is 2.50 bits per heavy atom. The van der Waals surface area contributed by atoms with Gasteiger partial charge in [0.15, 0.2) is 0 Å². The van der Waals surface area contributed by atoms with E-state index in [0.717, 1.165) is 18.9 Å². The van der Waals surface area contributed by atoms with Gasteiger partial charge in [-0.3, -0.25) is 4.79 Å². The summed E-state index contributed by atoms with van der Waals surface area (Å²) in [6.45, 7) is 0.936. The van der Waals surface area contributed by atoms with Crippen LogP contribution in [0.4, 0.5) is 19.0 Å². The van der Waals surface area contributed by atoms with Crippen LogP contribution in [-0.4, -0.2) is 30.0 Å². The zero-order chi connectivity index (χ0) is 15.7. The molecule has 0 radical (unpaired) electrons. The van der Waals surface area contributed by atoms with E-state index < -0.39 is 11.7 Å². The van der Waals surface area contributed by atoms with Crippen LogP contribution in [0, 0.1) is 5.92 Å². The number of carbonyl (C=O) groups excluding carboxylic acids is 1. The van der Waals surface area contributed by atoms with Crippen LogP contribution in [0.25, 0.3) is 0 Å². The van der Waals surface area contributed by atoms with Gasteiger partial charge < -0.3 is 10.2 Å². The molecule has 0 bridgehead atoms. The molecule has 1 N–H and O–H groups in total. The average molecular weight is 313 g/mol. The van der Waals surface area contributed by atoms with E-state index in [9.17, 15) is 18.0 Å². The van der Waals surface area contributed by atoms with Gasteiger partial charge in [0.25, 0.3) is 0 Å². The van der Waals surface area contributed by atoms with Gasteiger partial charge in [0.1, 0.15) is 5.82 Å². The molecule has 1 saturated heterocycles. The average Bonchev–Trinajstić information content (AvgIpc) is 3.32. The van der Waals surface area contributed by atoms with E-state index in [1.54, 1.807) is 4.90 Å². The number of rotatable bonds is 3. The molecule has 7 heteroatoms.